The summed E-state index contributed by atoms with van der Waals surface area (Å²) in [5.41, 5.74) is -0.850. The molecule has 0 radical (unpaired) electrons. The number of ether oxygens (including phenoxy) is 1. The molecule has 2 aromatic rings. The van der Waals surface area contributed by atoms with Crippen LogP contribution in [-0.2, 0) is 0 Å². The molecule has 0 unspecified atom stereocenters. The van der Waals surface area contributed by atoms with Gasteiger partial charge in [-0.25, -0.2) is 13.5 Å². The van der Waals surface area contributed by atoms with Gasteiger partial charge >= 0.3 is 0 Å². The van der Waals surface area contributed by atoms with Crippen LogP contribution in [0.4, 0.5) is 8.78 Å². The number of carbonyl (C=O) groups excluding carboxylic acids is 1. The molecule has 25 heavy (non-hydrogen) atoms. The van der Waals surface area contributed by atoms with E-state index in [0.29, 0.717) is 6.42 Å². The largest absolute Gasteiger partial charge is 0.478 e. The van der Waals surface area contributed by atoms with Crippen LogP contribution in [-0.4, -0.2) is 28.3 Å². The van der Waals surface area contributed by atoms with Crippen LogP contribution in [0.2, 0.25) is 0 Å². The zero-order valence-electron chi connectivity index (χ0n) is 14.2. The zero-order valence-corrected chi connectivity index (χ0v) is 14.2. The Morgan fingerprint density at radius 1 is 1.28 bits per heavy atom. The molecule has 0 fully saturated rings. The number of carbonyl (C=O) groups is 1. The average molecular weight is 351 g/mol. The second-order valence-corrected chi connectivity index (χ2v) is 5.42. The number of hydrogen-bond acceptors (Lipinski definition) is 4. The molecule has 0 saturated heterocycles. The minimum Gasteiger partial charge on any atom is -0.478 e. The molecular formula is C17H19F2N3O3. The van der Waals surface area contributed by atoms with Crippen molar-refractivity contribution in [2.24, 2.45) is 0 Å². The van der Waals surface area contributed by atoms with Gasteiger partial charge in [0.2, 0.25) is 11.3 Å². The topological polar surface area (TPSA) is 73.2 Å². The minimum absolute atomic E-state index is 0.0265. The van der Waals surface area contributed by atoms with Crippen molar-refractivity contribution in [3.8, 4) is 11.6 Å². The average Bonchev–Trinajstić information content (AvgIpc) is 2.57. The van der Waals surface area contributed by atoms with Crippen molar-refractivity contribution in [3.05, 3.63) is 51.8 Å². The van der Waals surface area contributed by atoms with Crippen LogP contribution < -0.4 is 15.5 Å². The number of aromatic nitrogens is 2. The van der Waals surface area contributed by atoms with Gasteiger partial charge in [-0.05, 0) is 32.4 Å². The van der Waals surface area contributed by atoms with Crippen molar-refractivity contribution in [1.29, 1.82) is 0 Å². The molecule has 0 saturated carbocycles. The van der Waals surface area contributed by atoms with E-state index in [4.69, 9.17) is 4.74 Å². The molecule has 1 heterocycles. The van der Waals surface area contributed by atoms with E-state index in [1.165, 1.54) is 6.07 Å². The molecule has 2 rings (SSSR count). The first-order valence-corrected chi connectivity index (χ1v) is 7.90. The number of rotatable bonds is 6. The Morgan fingerprint density at radius 2 is 2.00 bits per heavy atom. The molecule has 1 atom stereocenters. The maximum Gasteiger partial charge on any atom is 0.276 e. The van der Waals surface area contributed by atoms with Crippen LogP contribution in [0.25, 0.3) is 5.69 Å². The number of hydrogen-bond donors (Lipinski definition) is 1. The van der Waals surface area contributed by atoms with Gasteiger partial charge in [-0.2, -0.15) is 5.10 Å². The van der Waals surface area contributed by atoms with Gasteiger partial charge in [-0.1, -0.05) is 6.92 Å². The lowest BCUT2D eigenvalue weighted by molar-refractivity contribution is 0.0931. The fraction of sp³-hybridized carbons (Fsp3) is 0.353. The Bertz CT molecular complexity index is 836. The fourth-order valence-electron chi connectivity index (χ4n) is 2.04. The number of nitrogens with zero attached hydrogens (tertiary/aromatic N) is 2. The summed E-state index contributed by atoms with van der Waals surface area (Å²) < 4.78 is 33.1. The summed E-state index contributed by atoms with van der Waals surface area (Å²) in [6, 6.07) is 4.07. The molecule has 0 aliphatic heterocycles. The van der Waals surface area contributed by atoms with E-state index in [-0.39, 0.29) is 29.9 Å². The molecule has 0 spiro atoms. The second-order valence-electron chi connectivity index (χ2n) is 5.42. The van der Waals surface area contributed by atoms with Crippen LogP contribution in [0.1, 0.15) is 37.7 Å². The van der Waals surface area contributed by atoms with Crippen molar-refractivity contribution < 1.29 is 18.3 Å². The Kier molecular flexibility index (Phi) is 5.84. The van der Waals surface area contributed by atoms with Crippen molar-refractivity contribution in [1.82, 2.24) is 15.1 Å². The summed E-state index contributed by atoms with van der Waals surface area (Å²) in [4.78, 5) is 24.4. The first kappa shape index (κ1) is 18.6. The first-order valence-electron chi connectivity index (χ1n) is 7.90. The predicted octanol–water partition coefficient (Wildman–Crippen LogP) is 2.44. The van der Waals surface area contributed by atoms with E-state index in [0.717, 1.165) is 22.9 Å². The normalized spacial score (nSPS) is 11.9. The molecule has 0 bridgehead atoms. The van der Waals surface area contributed by atoms with Crippen molar-refractivity contribution >= 4 is 5.91 Å². The highest BCUT2D eigenvalue weighted by Gasteiger charge is 2.19. The van der Waals surface area contributed by atoms with E-state index in [2.05, 4.69) is 10.4 Å². The molecule has 8 heteroatoms. The van der Waals surface area contributed by atoms with Gasteiger partial charge in [0.15, 0.2) is 17.3 Å². The standard InChI is InChI=1S/C17H19F2N3O3/c1-4-10(3)20-17(24)16-14(23)9-15(25-5-2)22(21-16)11-6-7-12(18)13(19)8-11/h6-10H,4-5H2,1-3H3,(H,20,24)/t10-/m1/s1. The van der Waals surface area contributed by atoms with Gasteiger partial charge < -0.3 is 10.1 Å². The SMILES string of the molecule is CCOc1cc(=O)c(C(=O)N[C@H](C)CC)nn1-c1ccc(F)c(F)c1. The maximum absolute atomic E-state index is 13.5. The highest BCUT2D eigenvalue weighted by molar-refractivity contribution is 5.92. The van der Waals surface area contributed by atoms with Crippen molar-refractivity contribution in [3.63, 3.8) is 0 Å². The third-order valence-electron chi connectivity index (χ3n) is 3.54. The third-order valence-corrected chi connectivity index (χ3v) is 3.54. The summed E-state index contributed by atoms with van der Waals surface area (Å²) >= 11 is 0. The number of halogens is 2. The van der Waals surface area contributed by atoms with Crippen LogP contribution in [0, 0.1) is 11.6 Å². The van der Waals surface area contributed by atoms with Crippen LogP contribution in [0.15, 0.2) is 29.1 Å². The van der Waals surface area contributed by atoms with Gasteiger partial charge in [0, 0.05) is 12.1 Å². The molecule has 1 aromatic heterocycles. The summed E-state index contributed by atoms with van der Waals surface area (Å²) in [5, 5.41) is 6.64. The third kappa shape index (κ3) is 4.20. The lowest BCUT2D eigenvalue weighted by atomic mass is 10.2. The molecule has 6 nitrogen and oxygen atoms in total. The van der Waals surface area contributed by atoms with E-state index >= 15 is 0 Å². The van der Waals surface area contributed by atoms with Gasteiger partial charge in [0.1, 0.15) is 0 Å². The molecule has 1 aromatic carbocycles. The van der Waals surface area contributed by atoms with Crippen molar-refractivity contribution in [2.75, 3.05) is 6.61 Å². The van der Waals surface area contributed by atoms with Gasteiger partial charge in [-0.15, -0.1) is 0 Å². The number of nitrogens with one attached hydrogen (secondary N) is 1. The monoisotopic (exact) mass is 351 g/mol. The minimum atomic E-state index is -1.08. The lowest BCUT2D eigenvalue weighted by Crippen LogP contribution is -2.36. The van der Waals surface area contributed by atoms with E-state index < -0.39 is 23.0 Å². The number of amides is 1. The summed E-state index contributed by atoms with van der Waals surface area (Å²) in [6.45, 7) is 5.60. The second kappa shape index (κ2) is 7.87. The highest BCUT2D eigenvalue weighted by atomic mass is 19.2. The molecule has 0 aliphatic rings. The van der Waals surface area contributed by atoms with E-state index in [1.807, 2.05) is 6.92 Å². The van der Waals surface area contributed by atoms with Gasteiger partial charge in [-0.3, -0.25) is 9.59 Å². The maximum atomic E-state index is 13.5. The Labute approximate surface area is 143 Å². The first-order chi connectivity index (χ1) is 11.9. The van der Waals surface area contributed by atoms with Crippen LogP contribution in [0.5, 0.6) is 5.88 Å². The van der Waals surface area contributed by atoms with E-state index in [9.17, 15) is 18.4 Å². The Hall–Kier alpha value is -2.77. The Morgan fingerprint density at radius 3 is 2.60 bits per heavy atom. The molecule has 1 N–H and O–H groups in total. The zero-order chi connectivity index (χ0) is 18.6. The molecule has 134 valence electrons. The smallest absolute Gasteiger partial charge is 0.276 e. The fourth-order valence-corrected chi connectivity index (χ4v) is 2.04. The molecular weight excluding hydrogens is 332 g/mol. The summed E-state index contributed by atoms with van der Waals surface area (Å²) in [5.74, 6) is -2.71. The molecule has 1 amide bonds. The Balaban J connectivity index is 2.56. The van der Waals surface area contributed by atoms with Gasteiger partial charge in [0.25, 0.3) is 5.91 Å². The predicted molar refractivity (Wildman–Crippen MR) is 88.1 cm³/mol. The van der Waals surface area contributed by atoms with E-state index in [1.54, 1.807) is 13.8 Å². The van der Waals surface area contributed by atoms with Gasteiger partial charge in [0.05, 0.1) is 18.4 Å². The van der Waals surface area contributed by atoms with Crippen LogP contribution >= 0.6 is 0 Å². The van der Waals surface area contributed by atoms with Crippen molar-refractivity contribution in [2.45, 2.75) is 33.2 Å². The quantitative estimate of drug-likeness (QED) is 0.868. The summed E-state index contributed by atoms with van der Waals surface area (Å²) in [7, 11) is 0. The van der Waals surface area contributed by atoms with Crippen LogP contribution in [0.3, 0.4) is 0 Å². The summed E-state index contributed by atoms with van der Waals surface area (Å²) in [6.07, 6.45) is 0.681. The lowest BCUT2D eigenvalue weighted by Gasteiger charge is -2.15. The number of benzene rings is 1. The molecule has 0 aliphatic carbocycles. The highest BCUT2D eigenvalue weighted by Crippen LogP contribution is 2.18.